The minimum atomic E-state index is -0.611. The Balaban J connectivity index is 1.52. The summed E-state index contributed by atoms with van der Waals surface area (Å²) in [5, 5.41) is 10.5. The van der Waals surface area contributed by atoms with Crippen LogP contribution in [-0.4, -0.2) is 24.9 Å². The number of aromatic hydroxyl groups is 1. The van der Waals surface area contributed by atoms with Crippen molar-refractivity contribution in [1.82, 2.24) is 0 Å². The summed E-state index contributed by atoms with van der Waals surface area (Å²) in [6, 6.07) is 28.5. The molecule has 202 valence electrons. The lowest BCUT2D eigenvalue weighted by atomic mass is 9.77. The van der Waals surface area contributed by atoms with E-state index in [4.69, 9.17) is 14.0 Å². The third kappa shape index (κ3) is 6.10. The lowest BCUT2D eigenvalue weighted by Gasteiger charge is -2.27. The molecule has 0 aliphatic carbocycles. The molecule has 0 fully saturated rings. The highest BCUT2D eigenvalue weighted by Gasteiger charge is 2.27. The van der Waals surface area contributed by atoms with E-state index in [1.807, 2.05) is 61.3 Å². The van der Waals surface area contributed by atoms with Crippen molar-refractivity contribution >= 4 is 14.8 Å². The number of methoxy groups -OCH3 is 1. The molecular formula is C33H35O5P. The molecule has 0 aliphatic rings. The van der Waals surface area contributed by atoms with Crippen LogP contribution in [-0.2, 0) is 10.8 Å². The van der Waals surface area contributed by atoms with E-state index in [1.165, 1.54) is 0 Å². The predicted octanol–water partition coefficient (Wildman–Crippen LogP) is 7.87. The summed E-state index contributed by atoms with van der Waals surface area (Å²) < 4.78 is 16.5. The Labute approximate surface area is 232 Å². The second kappa shape index (κ2) is 11.5. The van der Waals surface area contributed by atoms with Crippen LogP contribution in [0.3, 0.4) is 0 Å². The maximum atomic E-state index is 13.1. The Kier molecular flexibility index (Phi) is 8.32. The molecule has 4 aromatic carbocycles. The molecule has 0 aromatic heterocycles. The van der Waals surface area contributed by atoms with Crippen LogP contribution in [0.2, 0.25) is 0 Å². The summed E-state index contributed by atoms with van der Waals surface area (Å²) in [6.45, 7) is 10.4. The number of carbonyl (C=O) groups is 1. The molecule has 0 aliphatic heterocycles. The quantitative estimate of drug-likeness (QED) is 0.132. The highest BCUT2D eigenvalue weighted by Crippen LogP contribution is 2.36. The molecule has 4 aromatic rings. The van der Waals surface area contributed by atoms with Gasteiger partial charge in [0, 0.05) is 10.8 Å². The van der Waals surface area contributed by atoms with E-state index in [0.29, 0.717) is 14.6 Å². The molecule has 0 heterocycles. The number of rotatable bonds is 9. The minimum absolute atomic E-state index is 0.121. The predicted molar refractivity (Wildman–Crippen MR) is 158 cm³/mol. The van der Waals surface area contributed by atoms with Gasteiger partial charge in [-0.1, -0.05) is 70.2 Å². The minimum Gasteiger partial charge on any atom is -0.507 e. The van der Waals surface area contributed by atoms with E-state index in [9.17, 15) is 9.90 Å². The molecule has 4 rings (SSSR count). The standard InChI is InChI=1S/C33H35O5P/c1-32(2,22-7-14-26(36-5)15-8-22)23-9-16-27(17-10-23)37-31(35)29-21-25(13-20-30(29)34)33(3,4)24-11-18-28(19-12-24)38-39-6/h7-21,34,39H,1-6H3. The van der Waals surface area contributed by atoms with Gasteiger partial charge in [0.25, 0.3) is 0 Å². The highest BCUT2D eigenvalue weighted by atomic mass is 31.1. The molecule has 0 bridgehead atoms. The number of ether oxygens (including phenoxy) is 2. The van der Waals surface area contributed by atoms with Gasteiger partial charge in [0.2, 0.25) is 0 Å². The van der Waals surface area contributed by atoms with Crippen LogP contribution in [0.15, 0.2) is 91.0 Å². The van der Waals surface area contributed by atoms with Gasteiger partial charge in [0.15, 0.2) is 0 Å². The molecule has 6 heteroatoms. The smallest absolute Gasteiger partial charge is 0.347 e. The van der Waals surface area contributed by atoms with Crippen molar-refractivity contribution in [3.8, 4) is 23.0 Å². The monoisotopic (exact) mass is 542 g/mol. The van der Waals surface area contributed by atoms with Crippen molar-refractivity contribution in [2.45, 2.75) is 38.5 Å². The second-order valence-corrected chi connectivity index (χ2v) is 11.1. The van der Waals surface area contributed by atoms with Gasteiger partial charge in [0.1, 0.15) is 28.6 Å². The van der Waals surface area contributed by atoms with Crippen molar-refractivity contribution < 1.29 is 23.9 Å². The van der Waals surface area contributed by atoms with Crippen LogP contribution < -0.4 is 14.0 Å². The molecule has 0 amide bonds. The summed E-state index contributed by atoms with van der Waals surface area (Å²) in [7, 11) is 2.03. The number of hydrogen-bond acceptors (Lipinski definition) is 5. The van der Waals surface area contributed by atoms with E-state index >= 15 is 0 Å². The third-order valence-corrected chi connectivity index (χ3v) is 7.77. The second-order valence-electron chi connectivity index (χ2n) is 10.5. The summed E-state index contributed by atoms with van der Waals surface area (Å²) in [6.07, 6.45) is 0. The fraction of sp³-hybridized carbons (Fsp3) is 0.242. The normalized spacial score (nSPS) is 11.9. The number of benzene rings is 4. The van der Waals surface area contributed by atoms with Crippen LogP contribution in [0.4, 0.5) is 0 Å². The molecule has 39 heavy (non-hydrogen) atoms. The van der Waals surface area contributed by atoms with Gasteiger partial charge >= 0.3 is 5.97 Å². The molecule has 1 N–H and O–H groups in total. The van der Waals surface area contributed by atoms with Gasteiger partial charge < -0.3 is 19.1 Å². The average molecular weight is 543 g/mol. The molecule has 1 unspecified atom stereocenters. The largest absolute Gasteiger partial charge is 0.507 e. The van der Waals surface area contributed by atoms with Gasteiger partial charge in [-0.3, -0.25) is 0 Å². The summed E-state index contributed by atoms with van der Waals surface area (Å²) in [4.78, 5) is 13.1. The van der Waals surface area contributed by atoms with Crippen molar-refractivity contribution in [2.24, 2.45) is 0 Å². The maximum Gasteiger partial charge on any atom is 0.347 e. The lowest BCUT2D eigenvalue weighted by molar-refractivity contribution is 0.0731. The van der Waals surface area contributed by atoms with Gasteiger partial charge in [0.05, 0.1) is 15.9 Å². The summed E-state index contributed by atoms with van der Waals surface area (Å²) >= 11 is 0. The molecule has 0 radical (unpaired) electrons. The Morgan fingerprint density at radius 2 is 1.10 bits per heavy atom. The van der Waals surface area contributed by atoms with E-state index < -0.39 is 11.4 Å². The van der Waals surface area contributed by atoms with E-state index in [2.05, 4.69) is 39.8 Å². The number of hydrogen-bond donors (Lipinski definition) is 1. The number of phenolic OH excluding ortho intramolecular Hbond substituents is 1. The molecule has 0 saturated carbocycles. The maximum absolute atomic E-state index is 13.1. The van der Waals surface area contributed by atoms with E-state index in [-0.39, 0.29) is 16.7 Å². The molecule has 0 saturated heterocycles. The molecule has 0 spiro atoms. The first kappa shape index (κ1) is 28.2. The van der Waals surface area contributed by atoms with Crippen molar-refractivity contribution in [2.75, 3.05) is 13.8 Å². The number of esters is 1. The third-order valence-electron chi connectivity index (χ3n) is 7.33. The number of carbonyl (C=O) groups excluding carboxylic acids is 1. The summed E-state index contributed by atoms with van der Waals surface area (Å²) in [5.41, 5.74) is 3.62. The van der Waals surface area contributed by atoms with Crippen molar-refractivity contribution in [1.29, 1.82) is 0 Å². The van der Waals surface area contributed by atoms with Crippen LogP contribution in [0.25, 0.3) is 0 Å². The molecule has 5 nitrogen and oxygen atoms in total. The number of phenols is 1. The Bertz CT molecular complexity index is 1420. The van der Waals surface area contributed by atoms with Crippen LogP contribution in [0.1, 0.15) is 60.3 Å². The van der Waals surface area contributed by atoms with E-state index in [1.54, 1.807) is 31.4 Å². The zero-order valence-electron chi connectivity index (χ0n) is 23.2. The Hall–Kier alpha value is -3.82. The Morgan fingerprint density at radius 3 is 1.59 bits per heavy atom. The van der Waals surface area contributed by atoms with Gasteiger partial charge in [-0.15, -0.1) is 0 Å². The van der Waals surface area contributed by atoms with Gasteiger partial charge in [-0.2, -0.15) is 0 Å². The SMILES string of the molecule is COc1ccc(C(C)(C)c2ccc(OC(=O)c3cc(C(C)(C)c4ccc(OPC)cc4)ccc3O)cc2)cc1. The molecular weight excluding hydrogens is 507 g/mol. The zero-order chi connectivity index (χ0) is 28.2. The highest BCUT2D eigenvalue weighted by molar-refractivity contribution is 7.31. The zero-order valence-corrected chi connectivity index (χ0v) is 24.2. The fourth-order valence-corrected chi connectivity index (χ4v) is 4.96. The first-order valence-electron chi connectivity index (χ1n) is 12.8. The van der Waals surface area contributed by atoms with Crippen LogP contribution >= 0.6 is 8.81 Å². The van der Waals surface area contributed by atoms with Crippen LogP contribution in [0.5, 0.6) is 23.0 Å². The van der Waals surface area contributed by atoms with Crippen molar-refractivity contribution in [3.05, 3.63) is 119 Å². The summed E-state index contributed by atoms with van der Waals surface area (Å²) in [5.74, 6) is 1.31. The average Bonchev–Trinajstić information content (AvgIpc) is 2.94. The first-order chi connectivity index (χ1) is 18.6. The molecule has 1 atom stereocenters. The van der Waals surface area contributed by atoms with Crippen LogP contribution in [0, 0.1) is 0 Å². The van der Waals surface area contributed by atoms with Gasteiger partial charge in [-0.25, -0.2) is 4.79 Å². The van der Waals surface area contributed by atoms with E-state index in [0.717, 1.165) is 33.8 Å². The van der Waals surface area contributed by atoms with Gasteiger partial charge in [-0.05, 0) is 77.4 Å². The fourth-order valence-electron chi connectivity index (χ4n) is 4.59. The first-order valence-corrected chi connectivity index (χ1v) is 14.2. The van der Waals surface area contributed by atoms with Crippen molar-refractivity contribution in [3.63, 3.8) is 0 Å². The lowest BCUT2D eigenvalue weighted by Crippen LogP contribution is -2.20. The topological polar surface area (TPSA) is 65.0 Å². The Morgan fingerprint density at radius 1 is 0.667 bits per heavy atom.